The molecule has 3 aliphatic rings. The molecular formula is C31H31N3O5. The summed E-state index contributed by atoms with van der Waals surface area (Å²) >= 11 is 0. The Kier molecular flexibility index (Phi) is 6.03. The number of nitrogens with zero attached hydrogens (tertiary/aromatic N) is 2. The number of benzene rings is 3. The molecule has 200 valence electrons. The van der Waals surface area contributed by atoms with Crippen molar-refractivity contribution in [2.75, 3.05) is 23.0 Å². The lowest BCUT2D eigenvalue weighted by atomic mass is 9.76. The summed E-state index contributed by atoms with van der Waals surface area (Å²) in [6.45, 7) is 5.75. The molecule has 6 rings (SSSR count). The maximum absolute atomic E-state index is 14.4. The third-order valence-corrected chi connectivity index (χ3v) is 8.19. The Morgan fingerprint density at radius 2 is 1.64 bits per heavy atom. The molecule has 4 atom stereocenters. The lowest BCUT2D eigenvalue weighted by molar-refractivity contribution is -0.142. The minimum absolute atomic E-state index is 0.194. The lowest BCUT2D eigenvalue weighted by Gasteiger charge is -2.31. The highest BCUT2D eigenvalue weighted by molar-refractivity contribution is 6.28. The van der Waals surface area contributed by atoms with Gasteiger partial charge >= 0.3 is 5.97 Å². The summed E-state index contributed by atoms with van der Waals surface area (Å²) in [7, 11) is 0. The molecule has 0 radical (unpaired) electrons. The van der Waals surface area contributed by atoms with E-state index in [1.807, 2.05) is 48.5 Å². The van der Waals surface area contributed by atoms with Gasteiger partial charge in [0, 0.05) is 22.7 Å². The Balaban J connectivity index is 1.51. The SMILES string of the molecule is CCOC(=O)CN1C(=O)[C@]2(N[C@H](CC(C)C)[C@@H]3C(=O)N(c4cccc5ccccc45)C(=O)[C@@H]32)c2ccccc21. The maximum Gasteiger partial charge on any atom is 0.326 e. The van der Waals surface area contributed by atoms with Gasteiger partial charge in [-0.3, -0.25) is 29.4 Å². The summed E-state index contributed by atoms with van der Waals surface area (Å²) in [5.74, 6) is -3.09. The lowest BCUT2D eigenvalue weighted by Crippen LogP contribution is -2.55. The normalized spacial score (nSPS) is 25.7. The summed E-state index contributed by atoms with van der Waals surface area (Å²) in [6, 6.07) is 20.0. The van der Waals surface area contributed by atoms with Gasteiger partial charge < -0.3 is 4.74 Å². The molecule has 3 aromatic rings. The van der Waals surface area contributed by atoms with Crippen molar-refractivity contribution in [3.63, 3.8) is 0 Å². The van der Waals surface area contributed by atoms with Gasteiger partial charge in [0.05, 0.1) is 24.1 Å². The molecule has 1 N–H and O–H groups in total. The molecule has 39 heavy (non-hydrogen) atoms. The smallest absolute Gasteiger partial charge is 0.326 e. The van der Waals surface area contributed by atoms with Crippen molar-refractivity contribution in [2.24, 2.45) is 17.8 Å². The van der Waals surface area contributed by atoms with Crippen molar-refractivity contribution in [2.45, 2.75) is 38.8 Å². The summed E-state index contributed by atoms with van der Waals surface area (Å²) in [5.41, 5.74) is 0.231. The molecule has 0 bridgehead atoms. The van der Waals surface area contributed by atoms with Crippen LogP contribution in [0.1, 0.15) is 32.8 Å². The second-order valence-corrected chi connectivity index (χ2v) is 10.9. The van der Waals surface area contributed by atoms with Crippen LogP contribution in [-0.2, 0) is 29.5 Å². The molecule has 0 unspecified atom stereocenters. The number of rotatable bonds is 6. The van der Waals surface area contributed by atoms with Crippen molar-refractivity contribution < 1.29 is 23.9 Å². The molecule has 3 aliphatic heterocycles. The molecule has 0 saturated carbocycles. The van der Waals surface area contributed by atoms with Crippen LogP contribution in [0.5, 0.6) is 0 Å². The van der Waals surface area contributed by atoms with Gasteiger partial charge in [0.15, 0.2) is 0 Å². The fourth-order valence-electron chi connectivity index (χ4n) is 6.79. The predicted molar refractivity (Wildman–Crippen MR) is 147 cm³/mol. The summed E-state index contributed by atoms with van der Waals surface area (Å²) in [5, 5.41) is 5.22. The zero-order chi connectivity index (χ0) is 27.5. The van der Waals surface area contributed by atoms with E-state index in [0.717, 1.165) is 10.8 Å². The summed E-state index contributed by atoms with van der Waals surface area (Å²) in [6.07, 6.45) is 0.610. The van der Waals surface area contributed by atoms with Gasteiger partial charge in [-0.25, -0.2) is 4.90 Å². The Bertz CT molecular complexity index is 1510. The van der Waals surface area contributed by atoms with E-state index in [1.165, 1.54) is 9.80 Å². The van der Waals surface area contributed by atoms with Crippen LogP contribution in [0.15, 0.2) is 66.7 Å². The highest BCUT2D eigenvalue weighted by Crippen LogP contribution is 2.56. The second-order valence-electron chi connectivity index (χ2n) is 10.9. The van der Waals surface area contributed by atoms with Crippen LogP contribution in [-0.4, -0.2) is 42.9 Å². The second kappa shape index (κ2) is 9.31. The molecule has 3 aromatic carbocycles. The van der Waals surface area contributed by atoms with Gasteiger partial charge in [0.1, 0.15) is 12.1 Å². The Labute approximate surface area is 226 Å². The Morgan fingerprint density at radius 1 is 0.949 bits per heavy atom. The molecule has 3 amide bonds. The molecule has 8 nitrogen and oxygen atoms in total. The summed E-state index contributed by atoms with van der Waals surface area (Å²) < 4.78 is 5.15. The van der Waals surface area contributed by atoms with Crippen LogP contribution >= 0.6 is 0 Å². The van der Waals surface area contributed by atoms with Gasteiger partial charge in [-0.05, 0) is 36.8 Å². The first kappa shape index (κ1) is 25.2. The summed E-state index contributed by atoms with van der Waals surface area (Å²) in [4.78, 5) is 58.2. The largest absolute Gasteiger partial charge is 0.465 e. The monoisotopic (exact) mass is 525 g/mol. The molecule has 8 heteroatoms. The van der Waals surface area contributed by atoms with E-state index in [9.17, 15) is 19.2 Å². The number of nitrogens with one attached hydrogen (secondary N) is 1. The van der Waals surface area contributed by atoms with Crippen LogP contribution in [0, 0.1) is 17.8 Å². The molecular weight excluding hydrogens is 494 g/mol. The zero-order valence-corrected chi connectivity index (χ0v) is 22.2. The first-order valence-electron chi connectivity index (χ1n) is 13.5. The number of esters is 1. The molecule has 0 aromatic heterocycles. The van der Waals surface area contributed by atoms with Gasteiger partial charge in [-0.1, -0.05) is 68.4 Å². The Morgan fingerprint density at radius 3 is 2.41 bits per heavy atom. The quantitative estimate of drug-likeness (QED) is 0.389. The third kappa shape index (κ3) is 3.61. The first-order chi connectivity index (χ1) is 18.8. The number of carbonyl (C=O) groups excluding carboxylic acids is 4. The topological polar surface area (TPSA) is 96.0 Å². The number of para-hydroxylation sites is 1. The van der Waals surface area contributed by atoms with Crippen molar-refractivity contribution in [1.29, 1.82) is 0 Å². The fraction of sp³-hybridized carbons (Fsp3) is 0.355. The van der Waals surface area contributed by atoms with E-state index < -0.39 is 41.2 Å². The standard InChI is InChI=1S/C31H31N3O5/c1-4-39-25(35)17-33-24-14-8-7-13-21(24)31(30(33)38)27-26(22(32-31)16-18(2)3)28(36)34(29(27)37)23-15-9-11-19-10-5-6-12-20(19)23/h5-15,18,22,26-27,32H,4,16-17H2,1-3H3/t22-,26+,27-,31+/m1/s1. The van der Waals surface area contributed by atoms with Gasteiger partial charge in [0.25, 0.3) is 5.91 Å². The highest BCUT2D eigenvalue weighted by Gasteiger charge is 2.71. The fourth-order valence-corrected chi connectivity index (χ4v) is 6.79. The van der Waals surface area contributed by atoms with E-state index in [2.05, 4.69) is 19.2 Å². The first-order valence-corrected chi connectivity index (χ1v) is 13.5. The minimum Gasteiger partial charge on any atom is -0.465 e. The van der Waals surface area contributed by atoms with Gasteiger partial charge in [0.2, 0.25) is 11.8 Å². The molecule has 2 saturated heterocycles. The Hall–Kier alpha value is -4.04. The predicted octanol–water partition coefficient (Wildman–Crippen LogP) is 3.77. The van der Waals surface area contributed by atoms with Crippen LogP contribution in [0.3, 0.4) is 0 Å². The molecule has 2 fully saturated rings. The number of imide groups is 1. The number of carbonyl (C=O) groups is 4. The molecule has 3 heterocycles. The minimum atomic E-state index is -1.46. The van der Waals surface area contributed by atoms with Gasteiger partial charge in [-0.15, -0.1) is 0 Å². The van der Waals surface area contributed by atoms with E-state index in [-0.39, 0.29) is 25.0 Å². The third-order valence-electron chi connectivity index (χ3n) is 8.19. The van der Waals surface area contributed by atoms with Gasteiger partial charge in [-0.2, -0.15) is 0 Å². The van der Waals surface area contributed by atoms with Crippen LogP contribution in [0.25, 0.3) is 10.8 Å². The zero-order valence-electron chi connectivity index (χ0n) is 22.2. The van der Waals surface area contributed by atoms with E-state index in [0.29, 0.717) is 23.4 Å². The number of hydrogen-bond acceptors (Lipinski definition) is 6. The number of amides is 3. The van der Waals surface area contributed by atoms with Crippen molar-refractivity contribution >= 4 is 45.8 Å². The van der Waals surface area contributed by atoms with Crippen LogP contribution in [0.2, 0.25) is 0 Å². The van der Waals surface area contributed by atoms with E-state index in [1.54, 1.807) is 25.1 Å². The molecule has 0 aliphatic carbocycles. The number of anilines is 2. The van der Waals surface area contributed by atoms with Crippen molar-refractivity contribution in [3.05, 3.63) is 72.3 Å². The van der Waals surface area contributed by atoms with Crippen molar-refractivity contribution in [3.8, 4) is 0 Å². The average molecular weight is 526 g/mol. The maximum atomic E-state index is 14.4. The molecule has 1 spiro atoms. The number of ether oxygens (including phenoxy) is 1. The average Bonchev–Trinajstić information content (AvgIpc) is 3.47. The van der Waals surface area contributed by atoms with Crippen molar-refractivity contribution in [1.82, 2.24) is 5.32 Å². The number of hydrogen-bond donors (Lipinski definition) is 1. The van der Waals surface area contributed by atoms with Crippen LogP contribution in [0.4, 0.5) is 11.4 Å². The van der Waals surface area contributed by atoms with Crippen LogP contribution < -0.4 is 15.1 Å². The highest BCUT2D eigenvalue weighted by atomic mass is 16.5. The number of fused-ring (bicyclic) bond motifs is 5. The van der Waals surface area contributed by atoms with E-state index in [4.69, 9.17) is 4.74 Å². The van der Waals surface area contributed by atoms with E-state index >= 15 is 0 Å².